The number of carbonyl (C=O) groups is 3. The molecule has 1 aliphatic rings. The van der Waals surface area contributed by atoms with E-state index >= 15 is 0 Å². The summed E-state index contributed by atoms with van der Waals surface area (Å²) in [7, 11) is 0. The smallest absolute Gasteiger partial charge is 0.335 e. The Balaban J connectivity index is 1.63. The van der Waals surface area contributed by atoms with E-state index in [1.807, 2.05) is 6.92 Å². The third-order valence-electron chi connectivity index (χ3n) is 4.90. The molecular weight excluding hydrogens is 411 g/mol. The lowest BCUT2D eigenvalue weighted by Crippen LogP contribution is -2.54. The largest absolute Gasteiger partial charge is 0.488 e. The Morgan fingerprint density at radius 2 is 1.72 bits per heavy atom. The maximum atomic E-state index is 13.4. The Bertz CT molecular complexity index is 1230. The minimum absolute atomic E-state index is 0.103. The van der Waals surface area contributed by atoms with Crippen molar-refractivity contribution in [1.29, 1.82) is 0 Å². The molecule has 4 rings (SSSR count). The highest BCUT2D eigenvalue weighted by atomic mass is 19.1. The van der Waals surface area contributed by atoms with E-state index in [0.717, 1.165) is 10.5 Å². The minimum atomic E-state index is -0.809. The van der Waals surface area contributed by atoms with E-state index in [0.29, 0.717) is 22.6 Å². The molecule has 4 amide bonds. The zero-order chi connectivity index (χ0) is 22.7. The fraction of sp³-hybridized carbons (Fsp3) is 0.0800. The van der Waals surface area contributed by atoms with Crippen LogP contribution in [0.1, 0.15) is 16.7 Å². The number of nitrogens with zero attached hydrogens (tertiary/aromatic N) is 1. The van der Waals surface area contributed by atoms with Crippen molar-refractivity contribution in [3.63, 3.8) is 0 Å². The van der Waals surface area contributed by atoms with Gasteiger partial charge in [0, 0.05) is 5.56 Å². The molecular formula is C25H19FN2O4. The van der Waals surface area contributed by atoms with Crippen molar-refractivity contribution in [2.45, 2.75) is 13.5 Å². The lowest BCUT2D eigenvalue weighted by molar-refractivity contribution is -0.122. The van der Waals surface area contributed by atoms with Gasteiger partial charge >= 0.3 is 6.03 Å². The van der Waals surface area contributed by atoms with Crippen molar-refractivity contribution in [3.05, 3.63) is 101 Å². The van der Waals surface area contributed by atoms with Crippen molar-refractivity contribution in [3.8, 4) is 5.75 Å². The van der Waals surface area contributed by atoms with Gasteiger partial charge in [-0.2, -0.15) is 0 Å². The van der Waals surface area contributed by atoms with E-state index < -0.39 is 17.8 Å². The van der Waals surface area contributed by atoms with Gasteiger partial charge in [-0.1, -0.05) is 48.0 Å². The molecule has 7 heteroatoms. The van der Waals surface area contributed by atoms with Crippen molar-refractivity contribution in [1.82, 2.24) is 5.32 Å². The van der Waals surface area contributed by atoms with E-state index in [4.69, 9.17) is 4.74 Å². The van der Waals surface area contributed by atoms with Crippen LogP contribution in [0, 0.1) is 12.7 Å². The summed E-state index contributed by atoms with van der Waals surface area (Å²) in [6, 6.07) is 18.9. The molecule has 0 spiro atoms. The molecule has 6 nitrogen and oxygen atoms in total. The summed E-state index contributed by atoms with van der Waals surface area (Å²) in [4.78, 5) is 38.8. The van der Waals surface area contributed by atoms with Gasteiger partial charge in [-0.05, 0) is 48.9 Å². The van der Waals surface area contributed by atoms with Crippen molar-refractivity contribution < 1.29 is 23.5 Å². The molecule has 1 aliphatic heterocycles. The van der Waals surface area contributed by atoms with Crippen LogP contribution >= 0.6 is 0 Å². The number of imide groups is 2. The number of carbonyl (C=O) groups excluding carboxylic acids is 3. The first-order valence-corrected chi connectivity index (χ1v) is 9.87. The summed E-state index contributed by atoms with van der Waals surface area (Å²) in [5.41, 5.74) is 2.23. The number of ether oxygens (including phenoxy) is 1. The molecule has 0 aliphatic carbocycles. The van der Waals surface area contributed by atoms with Crippen LogP contribution in [0.25, 0.3) is 6.08 Å². The number of anilines is 1. The summed E-state index contributed by atoms with van der Waals surface area (Å²) in [5.74, 6) is -1.48. The van der Waals surface area contributed by atoms with Gasteiger partial charge in [0.1, 0.15) is 23.7 Å². The first-order valence-electron chi connectivity index (χ1n) is 9.87. The first-order chi connectivity index (χ1) is 15.4. The summed E-state index contributed by atoms with van der Waals surface area (Å²) in [6.07, 6.45) is 1.38. The summed E-state index contributed by atoms with van der Waals surface area (Å²) >= 11 is 0. The number of aryl methyl sites for hydroxylation is 1. The first kappa shape index (κ1) is 21.0. The van der Waals surface area contributed by atoms with Crippen LogP contribution in [-0.2, 0) is 16.2 Å². The summed E-state index contributed by atoms with van der Waals surface area (Å²) in [5, 5.41) is 2.20. The molecule has 1 saturated heterocycles. The molecule has 1 heterocycles. The lowest BCUT2D eigenvalue weighted by atomic mass is 10.1. The molecule has 0 radical (unpaired) electrons. The predicted octanol–water partition coefficient (Wildman–Crippen LogP) is 4.38. The van der Waals surface area contributed by atoms with Crippen LogP contribution in [0.4, 0.5) is 14.9 Å². The number of urea groups is 1. The number of amides is 4. The van der Waals surface area contributed by atoms with Crippen LogP contribution in [0.3, 0.4) is 0 Å². The average Bonchev–Trinajstić information content (AvgIpc) is 2.77. The molecule has 0 aromatic heterocycles. The van der Waals surface area contributed by atoms with Gasteiger partial charge < -0.3 is 4.74 Å². The number of rotatable bonds is 5. The topological polar surface area (TPSA) is 75.7 Å². The van der Waals surface area contributed by atoms with Gasteiger partial charge in [0.05, 0.1) is 5.69 Å². The number of barbiturate groups is 1. The second-order valence-electron chi connectivity index (χ2n) is 7.25. The third kappa shape index (κ3) is 4.41. The number of halogens is 1. The van der Waals surface area contributed by atoms with Crippen LogP contribution in [0.2, 0.25) is 0 Å². The fourth-order valence-electron chi connectivity index (χ4n) is 3.26. The van der Waals surface area contributed by atoms with Crippen molar-refractivity contribution in [2.24, 2.45) is 0 Å². The quantitative estimate of drug-likeness (QED) is 0.482. The fourth-order valence-corrected chi connectivity index (χ4v) is 3.26. The normalized spacial score (nSPS) is 15.1. The second-order valence-corrected chi connectivity index (χ2v) is 7.25. The Hall–Kier alpha value is -4.26. The molecule has 0 unspecified atom stereocenters. The molecule has 3 aromatic rings. The molecule has 1 N–H and O–H groups in total. The van der Waals surface area contributed by atoms with E-state index in [1.165, 1.54) is 18.2 Å². The lowest BCUT2D eigenvalue weighted by Gasteiger charge is -2.26. The van der Waals surface area contributed by atoms with Gasteiger partial charge in [0.15, 0.2) is 0 Å². The molecule has 0 bridgehead atoms. The molecule has 3 aromatic carbocycles. The average molecular weight is 430 g/mol. The minimum Gasteiger partial charge on any atom is -0.488 e. The number of nitrogens with one attached hydrogen (secondary N) is 1. The monoisotopic (exact) mass is 430 g/mol. The highest BCUT2D eigenvalue weighted by Gasteiger charge is 2.36. The van der Waals surface area contributed by atoms with Crippen LogP contribution in [0.15, 0.2) is 78.4 Å². The van der Waals surface area contributed by atoms with Crippen molar-refractivity contribution in [2.75, 3.05) is 4.90 Å². The van der Waals surface area contributed by atoms with Gasteiger partial charge in [-0.15, -0.1) is 0 Å². The van der Waals surface area contributed by atoms with E-state index in [2.05, 4.69) is 5.32 Å². The second kappa shape index (κ2) is 8.85. The molecule has 1 fully saturated rings. The van der Waals surface area contributed by atoms with Gasteiger partial charge in [-0.25, -0.2) is 14.1 Å². The molecule has 0 atom stereocenters. The maximum absolute atomic E-state index is 13.4. The van der Waals surface area contributed by atoms with E-state index in [1.54, 1.807) is 60.7 Å². The van der Waals surface area contributed by atoms with Crippen LogP contribution < -0.4 is 15.0 Å². The zero-order valence-electron chi connectivity index (χ0n) is 17.2. The Morgan fingerprint density at radius 1 is 0.969 bits per heavy atom. The highest BCUT2D eigenvalue weighted by molar-refractivity contribution is 6.39. The van der Waals surface area contributed by atoms with Gasteiger partial charge in [0.25, 0.3) is 11.8 Å². The van der Waals surface area contributed by atoms with Gasteiger partial charge in [-0.3, -0.25) is 14.9 Å². The summed E-state index contributed by atoms with van der Waals surface area (Å²) < 4.78 is 19.2. The summed E-state index contributed by atoms with van der Waals surface area (Å²) in [6.45, 7) is 1.99. The number of hydrogen-bond acceptors (Lipinski definition) is 4. The standard InChI is InChI=1S/C25H19FN2O4/c1-16-9-11-20(12-10-16)28-24(30)21(23(29)27-25(28)31)14-18-6-2-3-8-22(18)32-15-17-5-4-7-19(26)13-17/h2-14H,15H2,1H3,(H,27,29,31)/b21-14+. The van der Waals surface area contributed by atoms with Crippen LogP contribution in [-0.4, -0.2) is 17.8 Å². The molecule has 160 valence electrons. The predicted molar refractivity (Wildman–Crippen MR) is 117 cm³/mol. The van der Waals surface area contributed by atoms with E-state index in [9.17, 15) is 18.8 Å². The zero-order valence-corrected chi connectivity index (χ0v) is 17.2. The number of hydrogen-bond donors (Lipinski definition) is 1. The van der Waals surface area contributed by atoms with E-state index in [-0.39, 0.29) is 18.0 Å². The third-order valence-corrected chi connectivity index (χ3v) is 4.90. The Morgan fingerprint density at radius 3 is 2.47 bits per heavy atom. The van der Waals surface area contributed by atoms with Crippen LogP contribution in [0.5, 0.6) is 5.75 Å². The van der Waals surface area contributed by atoms with Crippen molar-refractivity contribution >= 4 is 29.6 Å². The number of para-hydroxylation sites is 1. The molecule has 32 heavy (non-hydrogen) atoms. The Kier molecular flexibility index (Phi) is 5.81. The highest BCUT2D eigenvalue weighted by Crippen LogP contribution is 2.26. The maximum Gasteiger partial charge on any atom is 0.335 e. The Labute approximate surface area is 183 Å². The SMILES string of the molecule is Cc1ccc(N2C(=O)NC(=O)/C(=C\c3ccccc3OCc3cccc(F)c3)C2=O)cc1. The molecule has 0 saturated carbocycles. The number of benzene rings is 3. The van der Waals surface area contributed by atoms with Gasteiger partial charge in [0.2, 0.25) is 0 Å².